The van der Waals surface area contributed by atoms with Gasteiger partial charge in [0.1, 0.15) is 0 Å². The monoisotopic (exact) mass is 271 g/mol. The highest BCUT2D eigenvalue weighted by Gasteiger charge is 2.30. The zero-order chi connectivity index (χ0) is 10.3. The van der Waals surface area contributed by atoms with Crippen molar-refractivity contribution in [1.29, 1.82) is 0 Å². The normalized spacial score (nSPS) is 24.4. The van der Waals surface area contributed by atoms with Crippen molar-refractivity contribution in [3.8, 4) is 0 Å². The molecule has 0 aromatic heterocycles. The van der Waals surface area contributed by atoms with Gasteiger partial charge in [-0.3, -0.25) is 0 Å². The lowest BCUT2D eigenvalue weighted by molar-refractivity contribution is 0.529. The van der Waals surface area contributed by atoms with Crippen LogP contribution in [-0.2, 0) is 0 Å². The van der Waals surface area contributed by atoms with Crippen molar-refractivity contribution in [2.75, 3.05) is 0 Å². The van der Waals surface area contributed by atoms with Crippen molar-refractivity contribution in [2.45, 2.75) is 36.0 Å². The maximum absolute atomic E-state index is 6.16. The lowest BCUT2D eigenvalue weighted by Gasteiger charge is -2.34. The van der Waals surface area contributed by atoms with Gasteiger partial charge in [0.25, 0.3) is 0 Å². The summed E-state index contributed by atoms with van der Waals surface area (Å²) in [6.07, 6.45) is 1.04. The number of hydrogen-bond acceptors (Lipinski definition) is 2. The number of fused-ring (bicyclic) bond motifs is 1. The van der Waals surface area contributed by atoms with Gasteiger partial charge in [0.15, 0.2) is 0 Å². The molecular formula is C11H14BrNS. The summed E-state index contributed by atoms with van der Waals surface area (Å²) in [5.74, 6) is 0. The predicted octanol–water partition coefficient (Wildman–Crippen LogP) is 3.72. The van der Waals surface area contributed by atoms with E-state index in [0.717, 1.165) is 10.9 Å². The smallest absolute Gasteiger partial charge is 0.0319 e. The summed E-state index contributed by atoms with van der Waals surface area (Å²) < 4.78 is 1.38. The molecule has 0 spiro atoms. The van der Waals surface area contributed by atoms with Gasteiger partial charge in [0, 0.05) is 20.2 Å². The molecule has 0 aliphatic carbocycles. The molecule has 0 saturated carbocycles. The first kappa shape index (κ1) is 10.5. The Morgan fingerprint density at radius 1 is 1.50 bits per heavy atom. The zero-order valence-electron chi connectivity index (χ0n) is 8.38. The quantitative estimate of drug-likeness (QED) is 0.779. The molecule has 0 bridgehead atoms. The molecule has 3 heteroatoms. The minimum Gasteiger partial charge on any atom is -0.324 e. The van der Waals surface area contributed by atoms with Crippen LogP contribution >= 0.6 is 27.7 Å². The summed E-state index contributed by atoms with van der Waals surface area (Å²) in [5.41, 5.74) is 7.44. The van der Waals surface area contributed by atoms with Crippen LogP contribution in [0.5, 0.6) is 0 Å². The maximum Gasteiger partial charge on any atom is 0.0319 e. The Labute approximate surface area is 97.6 Å². The summed E-state index contributed by atoms with van der Waals surface area (Å²) >= 11 is 5.41. The minimum atomic E-state index is 0.179. The molecule has 0 fully saturated rings. The van der Waals surface area contributed by atoms with Gasteiger partial charge in [0.05, 0.1) is 0 Å². The highest BCUT2D eigenvalue weighted by Crippen LogP contribution is 2.46. The highest BCUT2D eigenvalue weighted by molar-refractivity contribution is 9.10. The third kappa shape index (κ3) is 2.00. The Morgan fingerprint density at radius 3 is 2.93 bits per heavy atom. The van der Waals surface area contributed by atoms with Gasteiger partial charge in [-0.1, -0.05) is 29.8 Å². The molecule has 1 aliphatic rings. The van der Waals surface area contributed by atoms with Crippen LogP contribution in [0.15, 0.2) is 27.6 Å². The van der Waals surface area contributed by atoms with Crippen LogP contribution in [0.4, 0.5) is 0 Å². The van der Waals surface area contributed by atoms with E-state index in [0.29, 0.717) is 0 Å². The maximum atomic E-state index is 6.16. The average Bonchev–Trinajstić information content (AvgIpc) is 2.05. The van der Waals surface area contributed by atoms with E-state index >= 15 is 0 Å². The third-order valence-electron chi connectivity index (χ3n) is 2.47. The highest BCUT2D eigenvalue weighted by atomic mass is 79.9. The molecule has 2 rings (SSSR count). The summed E-state index contributed by atoms with van der Waals surface area (Å²) in [5, 5.41) is 0. The van der Waals surface area contributed by atoms with Crippen molar-refractivity contribution in [1.82, 2.24) is 0 Å². The van der Waals surface area contributed by atoms with Gasteiger partial charge in [-0.05, 0) is 30.2 Å². The van der Waals surface area contributed by atoms with Crippen molar-refractivity contribution < 1.29 is 0 Å². The summed E-state index contributed by atoms with van der Waals surface area (Å²) in [7, 11) is 0. The van der Waals surface area contributed by atoms with Crippen LogP contribution in [0.1, 0.15) is 31.9 Å². The Balaban J connectivity index is 2.45. The Hall–Kier alpha value is 0.01000. The Kier molecular flexibility index (Phi) is 2.66. The zero-order valence-corrected chi connectivity index (χ0v) is 10.8. The fourth-order valence-corrected chi connectivity index (χ4v) is 3.58. The number of halogens is 1. The summed E-state index contributed by atoms with van der Waals surface area (Å²) in [4.78, 5) is 1.33. The fourth-order valence-electron chi connectivity index (χ4n) is 1.88. The Morgan fingerprint density at radius 2 is 2.21 bits per heavy atom. The van der Waals surface area contributed by atoms with Crippen LogP contribution in [-0.4, -0.2) is 4.75 Å². The second-order valence-corrected chi connectivity index (χ2v) is 7.02. The molecule has 2 N–H and O–H groups in total. The number of nitrogens with two attached hydrogens (primary N) is 1. The number of benzene rings is 1. The van der Waals surface area contributed by atoms with E-state index in [1.54, 1.807) is 0 Å². The van der Waals surface area contributed by atoms with E-state index in [1.165, 1.54) is 10.5 Å². The van der Waals surface area contributed by atoms with E-state index in [4.69, 9.17) is 5.73 Å². The van der Waals surface area contributed by atoms with Gasteiger partial charge in [0.2, 0.25) is 0 Å². The first-order chi connectivity index (χ1) is 6.48. The lowest BCUT2D eigenvalue weighted by Crippen LogP contribution is -2.28. The predicted molar refractivity (Wildman–Crippen MR) is 65.6 cm³/mol. The molecule has 0 saturated heterocycles. The Bertz CT molecular complexity index is 362. The van der Waals surface area contributed by atoms with Gasteiger partial charge in [-0.2, -0.15) is 0 Å². The molecule has 1 aromatic carbocycles. The van der Waals surface area contributed by atoms with Crippen LogP contribution in [0.2, 0.25) is 0 Å². The van der Waals surface area contributed by atoms with Gasteiger partial charge < -0.3 is 5.73 Å². The van der Waals surface area contributed by atoms with Crippen molar-refractivity contribution in [3.63, 3.8) is 0 Å². The molecule has 0 amide bonds. The molecular weight excluding hydrogens is 258 g/mol. The molecule has 14 heavy (non-hydrogen) atoms. The van der Waals surface area contributed by atoms with E-state index in [2.05, 4.69) is 48.0 Å². The average molecular weight is 272 g/mol. The van der Waals surface area contributed by atoms with Crippen LogP contribution in [0.3, 0.4) is 0 Å². The molecule has 1 aromatic rings. The molecule has 1 heterocycles. The molecule has 1 nitrogen and oxygen atoms in total. The SMILES string of the molecule is CC1(C)CC(N)c2cc(Br)ccc2S1. The topological polar surface area (TPSA) is 26.0 Å². The van der Waals surface area contributed by atoms with E-state index in [1.807, 2.05) is 11.8 Å². The van der Waals surface area contributed by atoms with E-state index in [-0.39, 0.29) is 10.8 Å². The fraction of sp³-hybridized carbons (Fsp3) is 0.455. The standard InChI is InChI=1S/C11H14BrNS/c1-11(2)6-9(13)8-5-7(12)3-4-10(8)14-11/h3-5,9H,6,13H2,1-2H3. The van der Waals surface area contributed by atoms with Crippen molar-refractivity contribution in [2.24, 2.45) is 5.73 Å². The number of thioether (sulfide) groups is 1. The largest absolute Gasteiger partial charge is 0.324 e. The lowest BCUT2D eigenvalue weighted by atomic mass is 9.96. The number of rotatable bonds is 0. The van der Waals surface area contributed by atoms with Crippen molar-refractivity contribution >= 4 is 27.7 Å². The molecule has 1 unspecified atom stereocenters. The second-order valence-electron chi connectivity index (χ2n) is 4.35. The second kappa shape index (κ2) is 3.54. The number of hydrogen-bond donors (Lipinski definition) is 1. The molecule has 0 radical (unpaired) electrons. The van der Waals surface area contributed by atoms with Crippen molar-refractivity contribution in [3.05, 3.63) is 28.2 Å². The van der Waals surface area contributed by atoms with Gasteiger partial charge >= 0.3 is 0 Å². The molecule has 1 aliphatic heterocycles. The molecule has 1 atom stereocenters. The minimum absolute atomic E-state index is 0.179. The van der Waals surface area contributed by atoms with Gasteiger partial charge in [-0.15, -0.1) is 11.8 Å². The summed E-state index contributed by atoms with van der Waals surface area (Å²) in [6.45, 7) is 4.50. The first-order valence-corrected chi connectivity index (χ1v) is 6.33. The van der Waals surface area contributed by atoms with E-state index < -0.39 is 0 Å². The van der Waals surface area contributed by atoms with Crippen LogP contribution in [0.25, 0.3) is 0 Å². The molecule has 76 valence electrons. The van der Waals surface area contributed by atoms with Gasteiger partial charge in [-0.25, -0.2) is 0 Å². The third-order valence-corrected chi connectivity index (χ3v) is 4.27. The van der Waals surface area contributed by atoms with Crippen LogP contribution < -0.4 is 5.73 Å². The first-order valence-electron chi connectivity index (χ1n) is 4.72. The summed E-state index contributed by atoms with van der Waals surface area (Å²) in [6, 6.07) is 6.56. The van der Waals surface area contributed by atoms with Crippen LogP contribution in [0, 0.1) is 0 Å². The van der Waals surface area contributed by atoms with E-state index in [9.17, 15) is 0 Å².